The Labute approximate surface area is 119 Å². The van der Waals surface area contributed by atoms with E-state index >= 15 is 0 Å². The number of H-pyrrole nitrogens is 1. The Morgan fingerprint density at radius 1 is 0.850 bits per heavy atom. The maximum atomic E-state index is 4.08. The quantitative estimate of drug-likeness (QED) is 0.731. The summed E-state index contributed by atoms with van der Waals surface area (Å²) >= 11 is 0. The second-order valence-corrected chi connectivity index (χ2v) is 4.94. The third-order valence-corrected chi connectivity index (χ3v) is 3.56. The summed E-state index contributed by atoms with van der Waals surface area (Å²) < 4.78 is 0. The summed E-state index contributed by atoms with van der Waals surface area (Å²) in [6.07, 6.45) is 9.05. The lowest BCUT2D eigenvalue weighted by Crippen LogP contribution is -1.92. The molecule has 2 heterocycles. The Balaban J connectivity index is 1.66. The van der Waals surface area contributed by atoms with Crippen LogP contribution in [-0.4, -0.2) is 9.97 Å². The zero-order valence-corrected chi connectivity index (χ0v) is 11.4. The first-order valence-electron chi connectivity index (χ1n) is 7.04. The van der Waals surface area contributed by atoms with Crippen molar-refractivity contribution < 1.29 is 0 Å². The normalized spacial score (nSPS) is 10.6. The predicted molar refractivity (Wildman–Crippen MR) is 82.5 cm³/mol. The van der Waals surface area contributed by atoms with Gasteiger partial charge in [0.15, 0.2) is 0 Å². The number of hydrogen-bond donors (Lipinski definition) is 1. The molecule has 0 bridgehead atoms. The van der Waals surface area contributed by atoms with E-state index in [0.29, 0.717) is 0 Å². The first-order valence-corrected chi connectivity index (χ1v) is 7.04. The third-order valence-electron chi connectivity index (χ3n) is 3.56. The van der Waals surface area contributed by atoms with Crippen LogP contribution in [0.15, 0.2) is 67.1 Å². The van der Waals surface area contributed by atoms with Gasteiger partial charge in [-0.05, 0) is 48.6 Å². The van der Waals surface area contributed by atoms with Gasteiger partial charge in [-0.1, -0.05) is 30.3 Å². The van der Waals surface area contributed by atoms with Gasteiger partial charge in [-0.3, -0.25) is 4.98 Å². The molecule has 0 unspecified atom stereocenters. The number of aromatic amines is 1. The summed E-state index contributed by atoms with van der Waals surface area (Å²) in [4.78, 5) is 7.45. The van der Waals surface area contributed by atoms with Gasteiger partial charge in [-0.25, -0.2) is 0 Å². The van der Waals surface area contributed by atoms with Crippen LogP contribution in [0.3, 0.4) is 0 Å². The zero-order valence-electron chi connectivity index (χ0n) is 11.4. The largest absolute Gasteiger partial charge is 0.364 e. The number of nitrogens with one attached hydrogen (secondary N) is 1. The number of benzene rings is 1. The summed E-state index contributed by atoms with van der Waals surface area (Å²) in [5.74, 6) is 0. The molecule has 0 saturated carbocycles. The van der Waals surface area contributed by atoms with Crippen LogP contribution in [0.5, 0.6) is 0 Å². The highest BCUT2D eigenvalue weighted by Gasteiger charge is 2.05. The molecule has 0 radical (unpaired) electrons. The highest BCUT2D eigenvalue weighted by molar-refractivity contribution is 5.65. The molecule has 2 heteroatoms. The molecule has 1 N–H and O–H groups in total. The van der Waals surface area contributed by atoms with Gasteiger partial charge in [0.2, 0.25) is 0 Å². The minimum Gasteiger partial charge on any atom is -0.364 e. The molecule has 0 spiro atoms. The molecule has 2 nitrogen and oxygen atoms in total. The number of aryl methyl sites for hydroxylation is 2. The molecular weight excluding hydrogens is 244 g/mol. The lowest BCUT2D eigenvalue weighted by atomic mass is 10.0. The Morgan fingerprint density at radius 2 is 1.65 bits per heavy atom. The molecule has 3 aromatic rings. The third kappa shape index (κ3) is 2.97. The highest BCUT2D eigenvalue weighted by atomic mass is 14.7. The predicted octanol–water partition coefficient (Wildman–Crippen LogP) is 4.25. The van der Waals surface area contributed by atoms with Crippen molar-refractivity contribution in [3.05, 3.63) is 78.4 Å². The second-order valence-electron chi connectivity index (χ2n) is 4.94. The Kier molecular flexibility index (Phi) is 3.93. The molecule has 1 aromatic carbocycles. The van der Waals surface area contributed by atoms with Crippen LogP contribution in [0.1, 0.15) is 17.7 Å². The summed E-state index contributed by atoms with van der Waals surface area (Å²) in [5.41, 5.74) is 5.24. The van der Waals surface area contributed by atoms with Crippen LogP contribution in [-0.2, 0) is 12.8 Å². The van der Waals surface area contributed by atoms with Crippen LogP contribution in [0, 0.1) is 0 Å². The van der Waals surface area contributed by atoms with Crippen molar-refractivity contribution in [3.63, 3.8) is 0 Å². The Hall–Kier alpha value is -2.35. The van der Waals surface area contributed by atoms with Gasteiger partial charge in [0, 0.05) is 29.8 Å². The van der Waals surface area contributed by atoms with Gasteiger partial charge in [0.1, 0.15) is 0 Å². The molecule has 3 rings (SSSR count). The van der Waals surface area contributed by atoms with Crippen LogP contribution < -0.4 is 0 Å². The van der Waals surface area contributed by atoms with E-state index < -0.39 is 0 Å². The molecule has 0 aliphatic rings. The maximum Gasteiger partial charge on any atom is 0.0273 e. The highest BCUT2D eigenvalue weighted by Crippen LogP contribution is 2.23. The van der Waals surface area contributed by atoms with E-state index in [1.165, 1.54) is 22.4 Å². The molecule has 2 aromatic heterocycles. The van der Waals surface area contributed by atoms with Crippen molar-refractivity contribution in [1.29, 1.82) is 0 Å². The first-order chi connectivity index (χ1) is 9.93. The van der Waals surface area contributed by atoms with Crippen molar-refractivity contribution in [2.75, 3.05) is 0 Å². The molecule has 0 aliphatic heterocycles. The monoisotopic (exact) mass is 262 g/mol. The maximum absolute atomic E-state index is 4.08. The summed E-state index contributed by atoms with van der Waals surface area (Å²) in [6.45, 7) is 0. The second kappa shape index (κ2) is 6.20. The fourth-order valence-corrected chi connectivity index (χ4v) is 2.53. The molecule has 0 atom stereocenters. The van der Waals surface area contributed by atoms with Crippen molar-refractivity contribution in [3.8, 4) is 11.1 Å². The van der Waals surface area contributed by atoms with E-state index in [9.17, 15) is 0 Å². The minimum atomic E-state index is 1.07. The molecule has 0 amide bonds. The van der Waals surface area contributed by atoms with Crippen molar-refractivity contribution in [2.45, 2.75) is 19.3 Å². The van der Waals surface area contributed by atoms with Gasteiger partial charge < -0.3 is 4.98 Å². The van der Waals surface area contributed by atoms with Crippen molar-refractivity contribution in [1.82, 2.24) is 9.97 Å². The van der Waals surface area contributed by atoms with Gasteiger partial charge in [-0.15, -0.1) is 0 Å². The fraction of sp³-hybridized carbons (Fsp3) is 0.167. The molecule has 20 heavy (non-hydrogen) atoms. The van der Waals surface area contributed by atoms with Crippen LogP contribution in [0.25, 0.3) is 11.1 Å². The Morgan fingerprint density at radius 3 is 2.45 bits per heavy atom. The first kappa shape index (κ1) is 12.7. The van der Waals surface area contributed by atoms with Gasteiger partial charge in [-0.2, -0.15) is 0 Å². The van der Waals surface area contributed by atoms with E-state index in [-0.39, 0.29) is 0 Å². The van der Waals surface area contributed by atoms with Crippen LogP contribution in [0.4, 0.5) is 0 Å². The van der Waals surface area contributed by atoms with Crippen LogP contribution in [0.2, 0.25) is 0 Å². The minimum absolute atomic E-state index is 1.07. The molecular formula is C18H18N2. The van der Waals surface area contributed by atoms with Gasteiger partial charge in [0.05, 0.1) is 0 Å². The topological polar surface area (TPSA) is 28.7 Å². The lowest BCUT2D eigenvalue weighted by Gasteiger charge is -2.05. The number of aromatic nitrogens is 2. The lowest BCUT2D eigenvalue weighted by molar-refractivity contribution is 0.805. The van der Waals surface area contributed by atoms with Crippen LogP contribution >= 0.6 is 0 Å². The van der Waals surface area contributed by atoms with Gasteiger partial charge >= 0.3 is 0 Å². The van der Waals surface area contributed by atoms with E-state index in [1.807, 2.05) is 18.6 Å². The van der Waals surface area contributed by atoms with E-state index in [0.717, 1.165) is 19.3 Å². The molecule has 0 saturated heterocycles. The van der Waals surface area contributed by atoms with E-state index in [4.69, 9.17) is 0 Å². The standard InChI is InChI=1S/C18H18N2/c1-2-5-15(6-3-1)7-4-8-18-17(11-14-20-18)16-9-12-19-13-10-16/h1-3,5-6,9-14,20H,4,7-8H2. The molecule has 0 fully saturated rings. The molecule has 0 aliphatic carbocycles. The van der Waals surface area contributed by atoms with Gasteiger partial charge in [0.25, 0.3) is 0 Å². The summed E-state index contributed by atoms with van der Waals surface area (Å²) in [6, 6.07) is 16.9. The number of rotatable bonds is 5. The van der Waals surface area contributed by atoms with E-state index in [1.54, 1.807) is 0 Å². The van der Waals surface area contributed by atoms with E-state index in [2.05, 4.69) is 58.5 Å². The average Bonchev–Trinajstić information content (AvgIpc) is 2.98. The number of nitrogens with zero attached hydrogens (tertiary/aromatic N) is 1. The fourth-order valence-electron chi connectivity index (χ4n) is 2.53. The summed E-state index contributed by atoms with van der Waals surface area (Å²) in [5, 5.41) is 0. The number of hydrogen-bond acceptors (Lipinski definition) is 1. The van der Waals surface area contributed by atoms with Crippen molar-refractivity contribution in [2.24, 2.45) is 0 Å². The SMILES string of the molecule is c1ccc(CCCc2[nH]ccc2-c2ccncc2)cc1. The smallest absolute Gasteiger partial charge is 0.0273 e. The average molecular weight is 262 g/mol. The number of pyridine rings is 1. The molecule has 100 valence electrons. The van der Waals surface area contributed by atoms with Crippen molar-refractivity contribution >= 4 is 0 Å². The zero-order chi connectivity index (χ0) is 13.6. The Bertz CT molecular complexity index is 641. The summed E-state index contributed by atoms with van der Waals surface area (Å²) in [7, 11) is 0.